The lowest BCUT2D eigenvalue weighted by Crippen LogP contribution is -2.39. The number of carbonyl (C=O) groups excluding carboxylic acids is 1. The molecule has 0 aliphatic carbocycles. The Kier molecular flexibility index (Phi) is 4.85. The standard InChI is InChI=1S/C18H15BrN4O3/c1-21-16(12-4-2-6-14(19)8-12)10-22(18(21)20)11-17(24)13-5-3-7-15(9-13)23(25)26/h2-10,20H,11H2,1H3/p+1. The molecular formula is C18H16BrN4O3+. The number of ketones is 1. The average Bonchev–Trinajstić information content (AvgIpc) is 2.90. The number of nitro benzene ring substituents is 1. The van der Waals surface area contributed by atoms with Crippen molar-refractivity contribution in [1.82, 2.24) is 4.57 Å². The van der Waals surface area contributed by atoms with E-state index in [9.17, 15) is 14.9 Å². The molecule has 1 aromatic heterocycles. The molecule has 132 valence electrons. The highest BCUT2D eigenvalue weighted by molar-refractivity contribution is 9.10. The Morgan fingerprint density at radius 2 is 2.00 bits per heavy atom. The van der Waals surface area contributed by atoms with E-state index in [1.165, 1.54) is 18.2 Å². The molecule has 0 spiro atoms. The molecule has 0 saturated heterocycles. The Labute approximate surface area is 158 Å². The van der Waals surface area contributed by atoms with Gasteiger partial charge in [0.05, 0.1) is 12.0 Å². The van der Waals surface area contributed by atoms with Gasteiger partial charge >= 0.3 is 5.95 Å². The molecule has 2 N–H and O–H groups in total. The maximum Gasteiger partial charge on any atom is 0.355 e. The Morgan fingerprint density at radius 1 is 1.27 bits per heavy atom. The number of nitrogens with two attached hydrogens (primary N) is 1. The van der Waals surface area contributed by atoms with Crippen LogP contribution in [0.25, 0.3) is 11.3 Å². The van der Waals surface area contributed by atoms with Crippen molar-refractivity contribution < 1.29 is 14.3 Å². The second-order valence-corrected chi connectivity index (χ2v) is 6.72. The number of carbonyl (C=O) groups is 1. The summed E-state index contributed by atoms with van der Waals surface area (Å²) in [6, 6.07) is 13.4. The largest absolute Gasteiger partial charge is 0.355 e. The highest BCUT2D eigenvalue weighted by Crippen LogP contribution is 2.23. The third-order valence-corrected chi connectivity index (χ3v) is 4.58. The number of aromatic nitrogens is 2. The number of Topliss-reactive ketones (excluding diaryl/α,β-unsaturated/α-hetero) is 1. The van der Waals surface area contributed by atoms with Crippen molar-refractivity contribution in [3.8, 4) is 11.3 Å². The van der Waals surface area contributed by atoms with Gasteiger partial charge in [0.1, 0.15) is 18.4 Å². The molecular weight excluding hydrogens is 400 g/mol. The summed E-state index contributed by atoms with van der Waals surface area (Å²) in [4.78, 5) is 22.9. The second-order valence-electron chi connectivity index (χ2n) is 5.80. The van der Waals surface area contributed by atoms with E-state index in [2.05, 4.69) is 15.9 Å². The average molecular weight is 416 g/mol. The first-order valence-electron chi connectivity index (χ1n) is 7.75. The van der Waals surface area contributed by atoms with Gasteiger partial charge in [-0.05, 0) is 12.1 Å². The summed E-state index contributed by atoms with van der Waals surface area (Å²) in [5.74, 6) is 0.163. The summed E-state index contributed by atoms with van der Waals surface area (Å²) in [6.45, 7) is -0.00511. The number of anilines is 1. The first-order chi connectivity index (χ1) is 12.4. The molecule has 1 heterocycles. The maximum atomic E-state index is 12.5. The van der Waals surface area contributed by atoms with E-state index in [0.29, 0.717) is 5.95 Å². The van der Waals surface area contributed by atoms with Crippen LogP contribution in [-0.4, -0.2) is 15.3 Å². The number of halogens is 1. The van der Waals surface area contributed by atoms with Gasteiger partial charge in [-0.15, -0.1) is 0 Å². The Bertz CT molecular complexity index is 1010. The van der Waals surface area contributed by atoms with E-state index in [-0.39, 0.29) is 23.6 Å². The fourth-order valence-electron chi connectivity index (χ4n) is 2.70. The van der Waals surface area contributed by atoms with E-state index >= 15 is 0 Å². The second kappa shape index (κ2) is 7.09. The van der Waals surface area contributed by atoms with Crippen molar-refractivity contribution in [2.24, 2.45) is 7.05 Å². The zero-order valence-electron chi connectivity index (χ0n) is 13.9. The van der Waals surface area contributed by atoms with Crippen LogP contribution in [-0.2, 0) is 13.6 Å². The van der Waals surface area contributed by atoms with Gasteiger partial charge in [-0.3, -0.25) is 20.6 Å². The zero-order chi connectivity index (χ0) is 18.8. The topological polar surface area (TPSA) is 95.0 Å². The molecule has 3 aromatic rings. The van der Waals surface area contributed by atoms with Crippen LogP contribution in [0.2, 0.25) is 0 Å². The molecule has 0 atom stereocenters. The van der Waals surface area contributed by atoms with E-state index in [0.717, 1.165) is 15.7 Å². The molecule has 2 aromatic carbocycles. The lowest BCUT2D eigenvalue weighted by Gasteiger charge is -2.00. The number of imidazole rings is 1. The van der Waals surface area contributed by atoms with Crippen molar-refractivity contribution in [3.63, 3.8) is 0 Å². The third-order valence-electron chi connectivity index (χ3n) is 4.09. The fourth-order valence-corrected chi connectivity index (χ4v) is 3.10. The third kappa shape index (κ3) is 3.50. The molecule has 3 rings (SSSR count). The molecule has 0 fully saturated rings. The summed E-state index contributed by atoms with van der Waals surface area (Å²) in [5, 5.41) is 10.9. The molecule has 0 aliphatic rings. The van der Waals surface area contributed by atoms with Crippen LogP contribution in [0, 0.1) is 10.1 Å². The van der Waals surface area contributed by atoms with E-state index in [4.69, 9.17) is 5.73 Å². The first-order valence-corrected chi connectivity index (χ1v) is 8.54. The van der Waals surface area contributed by atoms with Crippen LogP contribution >= 0.6 is 15.9 Å². The van der Waals surface area contributed by atoms with E-state index in [1.807, 2.05) is 31.3 Å². The molecule has 0 unspecified atom stereocenters. The molecule has 8 heteroatoms. The van der Waals surface area contributed by atoms with Crippen molar-refractivity contribution in [3.05, 3.63) is 74.9 Å². The van der Waals surface area contributed by atoms with Gasteiger partial charge in [-0.2, -0.15) is 0 Å². The number of benzene rings is 2. The van der Waals surface area contributed by atoms with Gasteiger partial charge in [0.25, 0.3) is 5.69 Å². The molecule has 7 nitrogen and oxygen atoms in total. The maximum absolute atomic E-state index is 12.5. The fraction of sp³-hybridized carbons (Fsp3) is 0.111. The van der Waals surface area contributed by atoms with Gasteiger partial charge in [0, 0.05) is 27.7 Å². The van der Waals surface area contributed by atoms with Crippen LogP contribution < -0.4 is 10.3 Å². The van der Waals surface area contributed by atoms with Gasteiger partial charge in [0.2, 0.25) is 0 Å². The lowest BCUT2D eigenvalue weighted by atomic mass is 10.1. The number of nitrogens with zero attached hydrogens (tertiary/aromatic N) is 3. The number of nitro groups is 1. The van der Waals surface area contributed by atoms with Crippen molar-refractivity contribution in [2.45, 2.75) is 6.54 Å². The Morgan fingerprint density at radius 3 is 2.69 bits per heavy atom. The molecule has 0 radical (unpaired) electrons. The van der Waals surface area contributed by atoms with Crippen LogP contribution in [0.4, 0.5) is 11.6 Å². The molecule has 0 amide bonds. The highest BCUT2D eigenvalue weighted by atomic mass is 79.9. The van der Waals surface area contributed by atoms with Crippen LogP contribution in [0.3, 0.4) is 0 Å². The van der Waals surface area contributed by atoms with E-state index in [1.54, 1.807) is 21.4 Å². The summed E-state index contributed by atoms with van der Waals surface area (Å²) in [7, 11) is 1.82. The van der Waals surface area contributed by atoms with Crippen LogP contribution in [0.1, 0.15) is 10.4 Å². The summed E-state index contributed by atoms with van der Waals surface area (Å²) >= 11 is 3.44. The lowest BCUT2D eigenvalue weighted by molar-refractivity contribution is -0.667. The van der Waals surface area contributed by atoms with Crippen LogP contribution in [0.5, 0.6) is 0 Å². The van der Waals surface area contributed by atoms with E-state index < -0.39 is 4.92 Å². The molecule has 0 saturated carbocycles. The number of hydrogen-bond acceptors (Lipinski definition) is 4. The summed E-state index contributed by atoms with van der Waals surface area (Å²) in [5.41, 5.74) is 8.11. The summed E-state index contributed by atoms with van der Waals surface area (Å²) in [6.07, 6.45) is 1.80. The summed E-state index contributed by atoms with van der Waals surface area (Å²) < 4.78 is 4.37. The Hall–Kier alpha value is -3.00. The predicted molar refractivity (Wildman–Crippen MR) is 101 cm³/mol. The predicted octanol–water partition coefficient (Wildman–Crippen LogP) is 3.12. The minimum Gasteiger partial charge on any atom is -0.291 e. The molecule has 26 heavy (non-hydrogen) atoms. The SMILES string of the molecule is Cn1c(-c2cccc(Br)c2)c[n+](CC(=O)c2cccc([N+](=O)[O-])c2)c1N. The van der Waals surface area contributed by atoms with Gasteiger partial charge < -0.3 is 0 Å². The van der Waals surface area contributed by atoms with Gasteiger partial charge in [-0.25, -0.2) is 9.13 Å². The van der Waals surface area contributed by atoms with Crippen molar-refractivity contribution >= 4 is 33.3 Å². The van der Waals surface area contributed by atoms with Crippen molar-refractivity contribution in [1.29, 1.82) is 0 Å². The number of non-ortho nitro benzene ring substituents is 1. The molecule has 0 aliphatic heterocycles. The number of nitrogen functional groups attached to an aromatic ring is 1. The quantitative estimate of drug-likeness (QED) is 0.299. The molecule has 0 bridgehead atoms. The number of rotatable bonds is 5. The highest BCUT2D eigenvalue weighted by Gasteiger charge is 2.21. The van der Waals surface area contributed by atoms with Gasteiger partial charge in [-0.1, -0.05) is 40.2 Å². The Balaban J connectivity index is 1.91. The van der Waals surface area contributed by atoms with Crippen LogP contribution in [0.15, 0.2) is 59.2 Å². The normalized spacial score (nSPS) is 10.7. The minimum atomic E-state index is -0.522. The van der Waals surface area contributed by atoms with Crippen molar-refractivity contribution in [2.75, 3.05) is 5.73 Å². The minimum absolute atomic E-state index is 0.00511. The number of hydrogen-bond donors (Lipinski definition) is 1. The zero-order valence-corrected chi connectivity index (χ0v) is 15.5. The monoisotopic (exact) mass is 415 g/mol. The van der Waals surface area contributed by atoms with Gasteiger partial charge in [0.15, 0.2) is 5.78 Å². The first kappa shape index (κ1) is 17.8. The smallest absolute Gasteiger partial charge is 0.291 e.